The van der Waals surface area contributed by atoms with Crippen LogP contribution in [-0.4, -0.2) is 16.3 Å². The van der Waals surface area contributed by atoms with E-state index in [0.29, 0.717) is 11.3 Å². The fraction of sp³-hybridized carbons (Fsp3) is 0.238. The lowest BCUT2D eigenvalue weighted by Gasteiger charge is -2.13. The van der Waals surface area contributed by atoms with Crippen LogP contribution >= 0.6 is 11.6 Å². The molecule has 3 rings (SSSR count). The van der Waals surface area contributed by atoms with Crippen molar-refractivity contribution < 1.29 is 9.53 Å². The summed E-state index contributed by atoms with van der Waals surface area (Å²) in [6.45, 7) is 7.95. The van der Waals surface area contributed by atoms with Gasteiger partial charge in [-0.25, -0.2) is 4.98 Å². The lowest BCUT2D eigenvalue weighted by Crippen LogP contribution is -2.05. The lowest BCUT2D eigenvalue weighted by atomic mass is 10.0. The van der Waals surface area contributed by atoms with E-state index in [1.165, 1.54) is 0 Å². The van der Waals surface area contributed by atoms with Crippen LogP contribution in [0.3, 0.4) is 0 Å². The maximum absolute atomic E-state index is 12.0. The molecule has 4 heteroatoms. The van der Waals surface area contributed by atoms with Gasteiger partial charge in [0.2, 0.25) is 0 Å². The molecule has 0 atom stereocenters. The zero-order valence-electron chi connectivity index (χ0n) is 14.8. The number of pyridine rings is 1. The van der Waals surface area contributed by atoms with Crippen LogP contribution < -0.4 is 4.74 Å². The van der Waals surface area contributed by atoms with Gasteiger partial charge in [-0.3, -0.25) is 4.79 Å². The van der Waals surface area contributed by atoms with Gasteiger partial charge in [0, 0.05) is 16.5 Å². The topological polar surface area (TPSA) is 39.2 Å². The van der Waals surface area contributed by atoms with Crippen molar-refractivity contribution in [3.63, 3.8) is 0 Å². The zero-order chi connectivity index (χ0) is 18.1. The molecule has 2 aromatic carbocycles. The standard InChI is InChI=1S/C21H20ClNO2/c1-12(2)25-16-7-5-6-15(10-16)19-11-18(21(22)24)17-9-13(3)8-14(4)20(17)23-19/h5-12H,1-4H3. The highest BCUT2D eigenvalue weighted by Gasteiger charge is 2.14. The number of hydrogen-bond acceptors (Lipinski definition) is 3. The van der Waals surface area contributed by atoms with Crippen LogP contribution in [0.4, 0.5) is 0 Å². The second-order valence-electron chi connectivity index (χ2n) is 6.50. The molecule has 1 aromatic heterocycles. The van der Waals surface area contributed by atoms with Crippen molar-refractivity contribution in [2.75, 3.05) is 0 Å². The van der Waals surface area contributed by atoms with E-state index in [4.69, 9.17) is 21.3 Å². The highest BCUT2D eigenvalue weighted by Crippen LogP contribution is 2.30. The van der Waals surface area contributed by atoms with Crippen molar-refractivity contribution in [1.82, 2.24) is 4.98 Å². The first kappa shape index (κ1) is 17.4. The van der Waals surface area contributed by atoms with Gasteiger partial charge in [-0.1, -0.05) is 23.8 Å². The normalized spacial score (nSPS) is 11.1. The number of halogens is 1. The number of hydrogen-bond donors (Lipinski definition) is 0. The fourth-order valence-electron chi connectivity index (χ4n) is 2.99. The van der Waals surface area contributed by atoms with Gasteiger partial charge >= 0.3 is 0 Å². The number of aryl methyl sites for hydroxylation is 2. The molecule has 25 heavy (non-hydrogen) atoms. The van der Waals surface area contributed by atoms with Crippen molar-refractivity contribution >= 4 is 27.7 Å². The van der Waals surface area contributed by atoms with Crippen LogP contribution in [-0.2, 0) is 0 Å². The Morgan fingerprint density at radius 1 is 1.12 bits per heavy atom. The van der Waals surface area contributed by atoms with Gasteiger partial charge < -0.3 is 4.74 Å². The van der Waals surface area contributed by atoms with Crippen LogP contribution in [0, 0.1) is 13.8 Å². The molecular formula is C21H20ClNO2. The van der Waals surface area contributed by atoms with Gasteiger partial charge in [0.1, 0.15) is 5.75 Å². The Labute approximate surface area is 152 Å². The maximum Gasteiger partial charge on any atom is 0.253 e. The first-order valence-electron chi connectivity index (χ1n) is 8.24. The molecule has 0 radical (unpaired) electrons. The zero-order valence-corrected chi connectivity index (χ0v) is 15.5. The SMILES string of the molecule is Cc1cc(C)c2nc(-c3cccc(OC(C)C)c3)cc(C(=O)Cl)c2c1. The number of fused-ring (bicyclic) bond motifs is 1. The fourth-order valence-corrected chi connectivity index (χ4v) is 3.15. The van der Waals surface area contributed by atoms with Crippen molar-refractivity contribution in [1.29, 1.82) is 0 Å². The average molecular weight is 354 g/mol. The first-order valence-corrected chi connectivity index (χ1v) is 8.62. The van der Waals surface area contributed by atoms with Crippen LogP contribution in [0.2, 0.25) is 0 Å². The molecule has 0 aliphatic heterocycles. The third-order valence-electron chi connectivity index (χ3n) is 3.96. The molecule has 0 aliphatic carbocycles. The third-order valence-corrected chi connectivity index (χ3v) is 4.17. The minimum absolute atomic E-state index is 0.0880. The number of carbonyl (C=O) groups excluding carboxylic acids is 1. The van der Waals surface area contributed by atoms with Crippen molar-refractivity contribution in [3.8, 4) is 17.0 Å². The Bertz CT molecular complexity index is 964. The van der Waals surface area contributed by atoms with Crippen molar-refractivity contribution in [2.24, 2.45) is 0 Å². The Morgan fingerprint density at radius 3 is 2.56 bits per heavy atom. The molecule has 0 spiro atoms. The molecule has 0 saturated carbocycles. The summed E-state index contributed by atoms with van der Waals surface area (Å²) >= 11 is 5.86. The molecule has 0 bridgehead atoms. The van der Waals surface area contributed by atoms with E-state index in [1.807, 2.05) is 58.0 Å². The summed E-state index contributed by atoms with van der Waals surface area (Å²) in [5.41, 5.74) is 4.96. The highest BCUT2D eigenvalue weighted by molar-refractivity contribution is 6.68. The molecule has 0 saturated heterocycles. The second kappa shape index (κ2) is 6.85. The number of benzene rings is 2. The monoisotopic (exact) mass is 353 g/mol. The minimum atomic E-state index is -0.478. The van der Waals surface area contributed by atoms with E-state index in [1.54, 1.807) is 6.07 Å². The summed E-state index contributed by atoms with van der Waals surface area (Å²) in [7, 11) is 0. The van der Waals surface area contributed by atoms with Crippen molar-refractivity contribution in [2.45, 2.75) is 33.8 Å². The Hall–Kier alpha value is -2.39. The summed E-state index contributed by atoms with van der Waals surface area (Å²) in [5.74, 6) is 0.772. The van der Waals surface area contributed by atoms with E-state index in [9.17, 15) is 4.79 Å². The molecule has 0 aliphatic rings. The van der Waals surface area contributed by atoms with Gasteiger partial charge in [0.25, 0.3) is 5.24 Å². The number of aromatic nitrogens is 1. The predicted molar refractivity (Wildman–Crippen MR) is 103 cm³/mol. The summed E-state index contributed by atoms with van der Waals surface area (Å²) in [6.07, 6.45) is 0.0880. The highest BCUT2D eigenvalue weighted by atomic mass is 35.5. The van der Waals surface area contributed by atoms with E-state index >= 15 is 0 Å². The Morgan fingerprint density at radius 2 is 1.88 bits per heavy atom. The van der Waals surface area contributed by atoms with Crippen LogP contribution in [0.15, 0.2) is 42.5 Å². The van der Waals surface area contributed by atoms with E-state index < -0.39 is 5.24 Å². The van der Waals surface area contributed by atoms with Gasteiger partial charge in [-0.15, -0.1) is 0 Å². The number of nitrogens with zero attached hydrogens (tertiary/aromatic N) is 1. The number of rotatable bonds is 4. The molecule has 0 N–H and O–H groups in total. The van der Waals surface area contributed by atoms with E-state index in [0.717, 1.165) is 33.3 Å². The second-order valence-corrected chi connectivity index (χ2v) is 6.84. The lowest BCUT2D eigenvalue weighted by molar-refractivity contribution is 0.108. The van der Waals surface area contributed by atoms with Gasteiger partial charge in [0.05, 0.1) is 17.3 Å². The molecule has 0 amide bonds. The average Bonchev–Trinajstić information content (AvgIpc) is 2.53. The summed E-state index contributed by atoms with van der Waals surface area (Å²) in [6, 6.07) is 13.5. The molecule has 0 fully saturated rings. The molecule has 3 aromatic rings. The molecule has 1 heterocycles. The number of ether oxygens (including phenoxy) is 1. The van der Waals surface area contributed by atoms with E-state index in [-0.39, 0.29) is 6.10 Å². The van der Waals surface area contributed by atoms with Crippen LogP contribution in [0.25, 0.3) is 22.2 Å². The minimum Gasteiger partial charge on any atom is -0.491 e. The molecule has 3 nitrogen and oxygen atoms in total. The van der Waals surface area contributed by atoms with Gasteiger partial charge in [-0.05, 0) is 69.1 Å². The quantitative estimate of drug-likeness (QED) is 0.566. The Kier molecular flexibility index (Phi) is 4.78. The largest absolute Gasteiger partial charge is 0.491 e. The molecule has 128 valence electrons. The maximum atomic E-state index is 12.0. The van der Waals surface area contributed by atoms with Gasteiger partial charge in [0.15, 0.2) is 0 Å². The van der Waals surface area contributed by atoms with Gasteiger partial charge in [-0.2, -0.15) is 0 Å². The summed E-state index contributed by atoms with van der Waals surface area (Å²) in [4.78, 5) is 16.8. The third kappa shape index (κ3) is 3.67. The van der Waals surface area contributed by atoms with Crippen LogP contribution in [0.5, 0.6) is 5.75 Å². The van der Waals surface area contributed by atoms with Crippen molar-refractivity contribution in [3.05, 3.63) is 59.2 Å². The first-order chi connectivity index (χ1) is 11.8. The Balaban J connectivity index is 2.22. The molecular weight excluding hydrogens is 334 g/mol. The van der Waals surface area contributed by atoms with E-state index in [2.05, 4.69) is 6.07 Å². The van der Waals surface area contributed by atoms with Crippen LogP contribution in [0.1, 0.15) is 35.3 Å². The molecule has 0 unspecified atom stereocenters. The number of carbonyl (C=O) groups is 1. The smallest absolute Gasteiger partial charge is 0.253 e. The summed E-state index contributed by atoms with van der Waals surface area (Å²) in [5, 5.41) is 0.309. The predicted octanol–water partition coefficient (Wildman–Crippen LogP) is 5.68. The summed E-state index contributed by atoms with van der Waals surface area (Å²) < 4.78 is 5.76.